The molecule has 0 aliphatic rings. The quantitative estimate of drug-likeness (QED) is 0.782. The van der Waals surface area contributed by atoms with Crippen molar-refractivity contribution in [2.45, 2.75) is 6.92 Å². The molecule has 0 saturated carbocycles. The zero-order valence-electron chi connectivity index (χ0n) is 11.8. The zero-order chi connectivity index (χ0) is 15.0. The third-order valence-corrected chi connectivity index (χ3v) is 3.47. The first-order chi connectivity index (χ1) is 10.2. The number of nitriles is 1. The molecule has 0 unspecified atom stereocenters. The third-order valence-electron chi connectivity index (χ3n) is 3.47. The minimum atomic E-state index is 0.368. The number of fused-ring (bicyclic) bond motifs is 1. The maximum atomic E-state index is 9.09. The van der Waals surface area contributed by atoms with Gasteiger partial charge in [-0.25, -0.2) is 4.98 Å². The highest BCUT2D eigenvalue weighted by Gasteiger charge is 2.15. The van der Waals surface area contributed by atoms with Crippen LogP contribution in [0.3, 0.4) is 0 Å². The lowest BCUT2D eigenvalue weighted by molar-refractivity contribution is 0.419. The van der Waals surface area contributed by atoms with Crippen molar-refractivity contribution in [3.63, 3.8) is 0 Å². The van der Waals surface area contributed by atoms with E-state index < -0.39 is 0 Å². The number of hydrogen-bond donors (Lipinski definition) is 1. The number of imidazole rings is 1. The molecule has 21 heavy (non-hydrogen) atoms. The Morgan fingerprint density at radius 3 is 2.81 bits per heavy atom. The Bertz CT molecular complexity index is 874. The predicted molar refractivity (Wildman–Crippen MR) is 81.5 cm³/mol. The Balaban J connectivity index is 2.36. The van der Waals surface area contributed by atoms with Gasteiger partial charge in [-0.2, -0.15) is 5.26 Å². The molecule has 0 spiro atoms. The second-order valence-corrected chi connectivity index (χ2v) is 4.75. The van der Waals surface area contributed by atoms with E-state index in [-0.39, 0.29) is 0 Å². The van der Waals surface area contributed by atoms with Crippen LogP contribution >= 0.6 is 0 Å². The van der Waals surface area contributed by atoms with E-state index in [1.165, 1.54) is 0 Å². The predicted octanol–water partition coefficient (Wildman–Crippen LogP) is 2.80. The van der Waals surface area contributed by atoms with Gasteiger partial charge in [0.2, 0.25) is 5.95 Å². The lowest BCUT2D eigenvalue weighted by Crippen LogP contribution is -2.03. The van der Waals surface area contributed by atoms with Gasteiger partial charge < -0.3 is 10.5 Å². The van der Waals surface area contributed by atoms with E-state index in [0.717, 1.165) is 16.8 Å². The summed E-state index contributed by atoms with van der Waals surface area (Å²) in [6.07, 6.45) is 0. The number of nitrogens with two attached hydrogens (primary N) is 1. The van der Waals surface area contributed by atoms with Crippen LogP contribution in [0.5, 0.6) is 5.75 Å². The summed E-state index contributed by atoms with van der Waals surface area (Å²) < 4.78 is 7.16. The van der Waals surface area contributed by atoms with Gasteiger partial charge in [-0.05, 0) is 36.8 Å². The number of rotatable bonds is 2. The van der Waals surface area contributed by atoms with Gasteiger partial charge in [0.15, 0.2) is 0 Å². The van der Waals surface area contributed by atoms with Gasteiger partial charge in [0.25, 0.3) is 0 Å². The van der Waals surface area contributed by atoms with Crippen LogP contribution in [0.15, 0.2) is 36.4 Å². The normalized spacial score (nSPS) is 10.5. The molecule has 0 fully saturated rings. The molecule has 0 aliphatic heterocycles. The lowest BCUT2D eigenvalue weighted by Gasteiger charge is -2.10. The summed E-state index contributed by atoms with van der Waals surface area (Å²) in [5.74, 6) is 1.04. The van der Waals surface area contributed by atoms with Crippen LogP contribution in [0.4, 0.5) is 5.95 Å². The summed E-state index contributed by atoms with van der Waals surface area (Å²) in [6, 6.07) is 13.3. The monoisotopic (exact) mass is 278 g/mol. The summed E-state index contributed by atoms with van der Waals surface area (Å²) in [4.78, 5) is 4.39. The minimum Gasteiger partial charge on any atom is -0.494 e. The molecule has 0 saturated heterocycles. The molecule has 5 heteroatoms. The fourth-order valence-corrected chi connectivity index (χ4v) is 2.43. The van der Waals surface area contributed by atoms with Crippen molar-refractivity contribution in [2.24, 2.45) is 0 Å². The molecule has 2 aromatic carbocycles. The summed E-state index contributed by atoms with van der Waals surface area (Å²) >= 11 is 0. The Kier molecular flexibility index (Phi) is 2.99. The molecule has 0 amide bonds. The standard InChI is InChI=1S/C16H14N4O/c1-10-6-7-11(9-17)8-13(10)20-12-4-3-5-14(21-2)15(12)19-16(20)18/h3-8H,1-2H3,(H2,18,19). The number of aryl methyl sites for hydroxylation is 1. The van der Waals surface area contributed by atoms with E-state index in [0.29, 0.717) is 22.8 Å². The Morgan fingerprint density at radius 1 is 1.29 bits per heavy atom. The SMILES string of the molecule is COc1cccc2c1nc(N)n2-c1cc(C#N)ccc1C. The highest BCUT2D eigenvalue weighted by atomic mass is 16.5. The topological polar surface area (TPSA) is 76.9 Å². The smallest absolute Gasteiger partial charge is 0.206 e. The molecule has 3 rings (SSSR count). The number of benzene rings is 2. The molecule has 0 radical (unpaired) electrons. The van der Waals surface area contributed by atoms with Crippen LogP contribution in [0, 0.1) is 18.3 Å². The highest BCUT2D eigenvalue weighted by molar-refractivity contribution is 5.86. The Labute approximate surface area is 122 Å². The zero-order valence-corrected chi connectivity index (χ0v) is 11.8. The van der Waals surface area contributed by atoms with Crippen molar-refractivity contribution >= 4 is 17.0 Å². The molecule has 0 bridgehead atoms. The molecule has 1 heterocycles. The molecule has 104 valence electrons. The number of anilines is 1. The lowest BCUT2D eigenvalue weighted by atomic mass is 10.1. The molecule has 3 aromatic rings. The number of nitrogen functional groups attached to an aromatic ring is 1. The van der Waals surface area contributed by atoms with Crippen molar-refractivity contribution in [2.75, 3.05) is 12.8 Å². The Morgan fingerprint density at radius 2 is 2.10 bits per heavy atom. The maximum absolute atomic E-state index is 9.09. The second-order valence-electron chi connectivity index (χ2n) is 4.75. The van der Waals surface area contributed by atoms with Gasteiger partial charge in [-0.1, -0.05) is 12.1 Å². The first kappa shape index (κ1) is 13.0. The fraction of sp³-hybridized carbons (Fsp3) is 0.125. The average molecular weight is 278 g/mol. The van der Waals surface area contributed by atoms with Gasteiger partial charge in [0, 0.05) is 0 Å². The fourth-order valence-electron chi connectivity index (χ4n) is 2.43. The second kappa shape index (κ2) is 4.84. The van der Waals surface area contributed by atoms with Gasteiger partial charge in [0.05, 0.1) is 29.9 Å². The number of aromatic nitrogens is 2. The first-order valence-electron chi connectivity index (χ1n) is 6.47. The molecular weight excluding hydrogens is 264 g/mol. The number of hydrogen-bond acceptors (Lipinski definition) is 4. The van der Waals surface area contributed by atoms with E-state index in [1.54, 1.807) is 13.2 Å². The average Bonchev–Trinajstić information content (AvgIpc) is 2.83. The van der Waals surface area contributed by atoms with Gasteiger partial charge in [-0.15, -0.1) is 0 Å². The summed E-state index contributed by atoms with van der Waals surface area (Å²) in [7, 11) is 1.60. The van der Waals surface area contributed by atoms with Gasteiger partial charge in [-0.3, -0.25) is 4.57 Å². The first-order valence-corrected chi connectivity index (χ1v) is 6.47. The molecule has 5 nitrogen and oxygen atoms in total. The van der Waals surface area contributed by atoms with Gasteiger partial charge >= 0.3 is 0 Å². The highest BCUT2D eigenvalue weighted by Crippen LogP contribution is 2.30. The molecule has 0 aliphatic carbocycles. The molecule has 1 aromatic heterocycles. The summed E-state index contributed by atoms with van der Waals surface area (Å²) in [5.41, 5.74) is 10.1. The van der Waals surface area contributed by atoms with Crippen LogP contribution in [-0.2, 0) is 0 Å². The van der Waals surface area contributed by atoms with Crippen LogP contribution in [0.25, 0.3) is 16.7 Å². The van der Waals surface area contributed by atoms with Crippen molar-refractivity contribution in [1.29, 1.82) is 5.26 Å². The van der Waals surface area contributed by atoms with E-state index in [9.17, 15) is 0 Å². The van der Waals surface area contributed by atoms with E-state index in [1.807, 2.05) is 41.8 Å². The number of para-hydroxylation sites is 1. The number of ether oxygens (including phenoxy) is 1. The number of nitrogens with zero attached hydrogens (tertiary/aromatic N) is 3. The maximum Gasteiger partial charge on any atom is 0.206 e. The number of methoxy groups -OCH3 is 1. The largest absolute Gasteiger partial charge is 0.494 e. The third kappa shape index (κ3) is 1.98. The van der Waals surface area contributed by atoms with Crippen molar-refractivity contribution in [3.8, 4) is 17.5 Å². The van der Waals surface area contributed by atoms with Crippen LogP contribution < -0.4 is 10.5 Å². The van der Waals surface area contributed by atoms with Crippen molar-refractivity contribution in [3.05, 3.63) is 47.5 Å². The molecule has 2 N–H and O–H groups in total. The van der Waals surface area contributed by atoms with Crippen LogP contribution in [-0.4, -0.2) is 16.7 Å². The van der Waals surface area contributed by atoms with E-state index in [4.69, 9.17) is 15.7 Å². The summed E-state index contributed by atoms with van der Waals surface area (Å²) in [5, 5.41) is 9.09. The minimum absolute atomic E-state index is 0.368. The van der Waals surface area contributed by atoms with Crippen LogP contribution in [0.1, 0.15) is 11.1 Å². The van der Waals surface area contributed by atoms with Crippen molar-refractivity contribution in [1.82, 2.24) is 9.55 Å². The van der Waals surface area contributed by atoms with Crippen LogP contribution in [0.2, 0.25) is 0 Å². The molecular formula is C16H14N4O. The Hall–Kier alpha value is -3.00. The van der Waals surface area contributed by atoms with Crippen molar-refractivity contribution < 1.29 is 4.74 Å². The van der Waals surface area contributed by atoms with E-state index >= 15 is 0 Å². The molecule has 0 atom stereocenters. The van der Waals surface area contributed by atoms with Gasteiger partial charge in [0.1, 0.15) is 11.3 Å². The summed E-state index contributed by atoms with van der Waals surface area (Å²) in [6.45, 7) is 1.97. The van der Waals surface area contributed by atoms with E-state index in [2.05, 4.69) is 11.1 Å².